The second-order valence-electron chi connectivity index (χ2n) is 4.76. The number of nitrogens with zero attached hydrogens (tertiary/aromatic N) is 1. The fourth-order valence-electron chi connectivity index (χ4n) is 2.10. The first kappa shape index (κ1) is 15.9. The number of aryl methyl sites for hydroxylation is 1. The molecule has 0 spiro atoms. The summed E-state index contributed by atoms with van der Waals surface area (Å²) in [5.74, 6) is 0. The van der Waals surface area contributed by atoms with Crippen molar-refractivity contribution in [3.8, 4) is 0 Å². The molecule has 0 radical (unpaired) electrons. The van der Waals surface area contributed by atoms with E-state index >= 15 is 0 Å². The Bertz CT molecular complexity index is 557. The number of hydrogen-bond donors (Lipinski definition) is 1. The van der Waals surface area contributed by atoms with Crippen molar-refractivity contribution >= 4 is 26.0 Å². The van der Waals surface area contributed by atoms with E-state index in [0.29, 0.717) is 18.0 Å². The minimum absolute atomic E-state index is 0.328. The number of morpholine rings is 1. The van der Waals surface area contributed by atoms with Gasteiger partial charge in [0.2, 0.25) is 10.0 Å². The van der Waals surface area contributed by atoms with E-state index in [2.05, 4.69) is 25.6 Å². The summed E-state index contributed by atoms with van der Waals surface area (Å²) in [5, 5.41) is 0. The molecule has 0 bridgehead atoms. The van der Waals surface area contributed by atoms with Crippen molar-refractivity contribution in [3.63, 3.8) is 0 Å². The van der Waals surface area contributed by atoms with E-state index < -0.39 is 10.0 Å². The van der Waals surface area contributed by atoms with Crippen molar-refractivity contribution in [1.29, 1.82) is 0 Å². The van der Waals surface area contributed by atoms with Gasteiger partial charge in [0.25, 0.3) is 0 Å². The second-order valence-corrected chi connectivity index (χ2v) is 7.41. The van der Waals surface area contributed by atoms with E-state index in [1.54, 1.807) is 19.1 Å². The number of sulfonamides is 1. The lowest BCUT2D eigenvalue weighted by atomic mass is 10.2. The van der Waals surface area contributed by atoms with Crippen molar-refractivity contribution < 1.29 is 13.2 Å². The minimum Gasteiger partial charge on any atom is -0.379 e. The maximum Gasteiger partial charge on any atom is 0.240 e. The van der Waals surface area contributed by atoms with Crippen LogP contribution in [-0.2, 0) is 14.8 Å². The van der Waals surface area contributed by atoms with Gasteiger partial charge in [0.15, 0.2) is 0 Å². The smallest absolute Gasteiger partial charge is 0.240 e. The predicted molar refractivity (Wildman–Crippen MR) is 81.3 cm³/mol. The van der Waals surface area contributed by atoms with Gasteiger partial charge in [0.1, 0.15) is 0 Å². The first-order valence-corrected chi connectivity index (χ1v) is 8.82. The quantitative estimate of drug-likeness (QED) is 0.859. The zero-order valence-corrected chi connectivity index (χ0v) is 13.8. The molecule has 1 aliphatic heterocycles. The van der Waals surface area contributed by atoms with Gasteiger partial charge < -0.3 is 4.74 Å². The number of benzene rings is 1. The molecule has 1 aromatic rings. The summed E-state index contributed by atoms with van der Waals surface area (Å²) in [4.78, 5) is 2.52. The van der Waals surface area contributed by atoms with E-state index in [1.807, 2.05) is 6.07 Å². The van der Waals surface area contributed by atoms with E-state index in [1.165, 1.54) is 0 Å². The van der Waals surface area contributed by atoms with Crippen molar-refractivity contribution in [2.75, 3.05) is 39.4 Å². The van der Waals surface area contributed by atoms with Crippen LogP contribution >= 0.6 is 15.9 Å². The number of rotatable bonds is 5. The molecule has 1 aromatic carbocycles. The summed E-state index contributed by atoms with van der Waals surface area (Å²) in [5.41, 5.74) is 0.743. The van der Waals surface area contributed by atoms with Crippen LogP contribution in [0.4, 0.5) is 0 Å². The lowest BCUT2D eigenvalue weighted by molar-refractivity contribution is 0.0390. The third-order valence-corrected chi connectivity index (χ3v) is 5.36. The van der Waals surface area contributed by atoms with Gasteiger partial charge in [-0.05, 0) is 24.6 Å². The maximum atomic E-state index is 12.3. The molecule has 1 aliphatic rings. The first-order chi connectivity index (χ1) is 9.49. The average molecular weight is 363 g/mol. The van der Waals surface area contributed by atoms with Crippen LogP contribution < -0.4 is 4.72 Å². The van der Waals surface area contributed by atoms with Gasteiger partial charge in [0.05, 0.1) is 18.1 Å². The SMILES string of the molecule is Cc1ccc(Br)cc1S(=O)(=O)NCCN1CCOCC1. The highest BCUT2D eigenvalue weighted by molar-refractivity contribution is 9.10. The van der Waals surface area contributed by atoms with Gasteiger partial charge in [-0.25, -0.2) is 13.1 Å². The van der Waals surface area contributed by atoms with E-state index in [9.17, 15) is 8.42 Å². The Balaban J connectivity index is 1.95. The van der Waals surface area contributed by atoms with Crippen molar-refractivity contribution in [3.05, 3.63) is 28.2 Å². The van der Waals surface area contributed by atoms with Gasteiger partial charge in [-0.2, -0.15) is 0 Å². The maximum absolute atomic E-state index is 12.3. The topological polar surface area (TPSA) is 58.6 Å². The van der Waals surface area contributed by atoms with Crippen LogP contribution in [-0.4, -0.2) is 52.7 Å². The predicted octanol–water partition coefficient (Wildman–Crippen LogP) is 1.37. The lowest BCUT2D eigenvalue weighted by Crippen LogP contribution is -2.41. The zero-order chi connectivity index (χ0) is 14.6. The second kappa shape index (κ2) is 7.00. The highest BCUT2D eigenvalue weighted by atomic mass is 79.9. The lowest BCUT2D eigenvalue weighted by Gasteiger charge is -2.26. The van der Waals surface area contributed by atoms with E-state index in [0.717, 1.165) is 36.3 Å². The Labute approximate surface area is 128 Å². The fourth-order valence-corrected chi connectivity index (χ4v) is 3.91. The van der Waals surface area contributed by atoms with Crippen LogP contribution in [0.2, 0.25) is 0 Å². The molecule has 0 amide bonds. The Morgan fingerprint density at radius 1 is 1.35 bits per heavy atom. The zero-order valence-electron chi connectivity index (χ0n) is 11.4. The van der Waals surface area contributed by atoms with Gasteiger partial charge in [0, 0.05) is 30.7 Å². The minimum atomic E-state index is -3.45. The summed E-state index contributed by atoms with van der Waals surface area (Å²) >= 11 is 3.31. The highest BCUT2D eigenvalue weighted by Gasteiger charge is 2.17. The van der Waals surface area contributed by atoms with Gasteiger partial charge >= 0.3 is 0 Å². The normalized spacial score (nSPS) is 17.3. The summed E-state index contributed by atoms with van der Waals surface area (Å²) in [6.07, 6.45) is 0. The van der Waals surface area contributed by atoms with Gasteiger partial charge in [-0.1, -0.05) is 22.0 Å². The standard InChI is InChI=1S/C13H19BrN2O3S/c1-11-2-3-12(14)10-13(11)20(17,18)15-4-5-16-6-8-19-9-7-16/h2-3,10,15H,4-9H2,1H3. The molecular formula is C13H19BrN2O3S. The van der Waals surface area contributed by atoms with Crippen LogP contribution in [0.5, 0.6) is 0 Å². The number of ether oxygens (including phenoxy) is 1. The Morgan fingerprint density at radius 2 is 2.05 bits per heavy atom. The Morgan fingerprint density at radius 3 is 2.75 bits per heavy atom. The van der Waals surface area contributed by atoms with Gasteiger partial charge in [-0.3, -0.25) is 4.90 Å². The molecule has 1 heterocycles. The summed E-state index contributed by atoms with van der Waals surface area (Å²) in [6.45, 7) is 6.07. The molecule has 5 nitrogen and oxygen atoms in total. The molecule has 112 valence electrons. The molecule has 20 heavy (non-hydrogen) atoms. The third-order valence-electron chi connectivity index (χ3n) is 3.26. The summed E-state index contributed by atoms with van der Waals surface area (Å²) in [6, 6.07) is 5.26. The fraction of sp³-hybridized carbons (Fsp3) is 0.538. The van der Waals surface area contributed by atoms with Crippen molar-refractivity contribution in [2.45, 2.75) is 11.8 Å². The molecule has 0 unspecified atom stereocenters. The molecule has 7 heteroatoms. The van der Waals surface area contributed by atoms with Crippen LogP contribution in [0, 0.1) is 6.92 Å². The Hall–Kier alpha value is -0.470. The Kier molecular flexibility index (Phi) is 5.57. The number of hydrogen-bond acceptors (Lipinski definition) is 4. The summed E-state index contributed by atoms with van der Waals surface area (Å²) in [7, 11) is -3.45. The van der Waals surface area contributed by atoms with Crippen molar-refractivity contribution in [1.82, 2.24) is 9.62 Å². The van der Waals surface area contributed by atoms with Gasteiger partial charge in [-0.15, -0.1) is 0 Å². The molecule has 1 N–H and O–H groups in total. The average Bonchev–Trinajstić information content (AvgIpc) is 2.42. The molecule has 0 saturated carbocycles. The van der Waals surface area contributed by atoms with Crippen LogP contribution in [0.25, 0.3) is 0 Å². The highest BCUT2D eigenvalue weighted by Crippen LogP contribution is 2.20. The molecular weight excluding hydrogens is 344 g/mol. The molecule has 0 atom stereocenters. The molecule has 2 rings (SSSR count). The molecule has 1 fully saturated rings. The largest absolute Gasteiger partial charge is 0.379 e. The number of halogens is 1. The van der Waals surface area contributed by atoms with E-state index in [4.69, 9.17) is 4.74 Å². The van der Waals surface area contributed by atoms with E-state index in [-0.39, 0.29) is 0 Å². The van der Waals surface area contributed by atoms with Crippen LogP contribution in [0.1, 0.15) is 5.56 Å². The first-order valence-electron chi connectivity index (χ1n) is 6.55. The summed E-state index contributed by atoms with van der Waals surface area (Å²) < 4.78 is 33.2. The van der Waals surface area contributed by atoms with Crippen molar-refractivity contribution in [2.24, 2.45) is 0 Å². The third kappa shape index (κ3) is 4.26. The van der Waals surface area contributed by atoms with Crippen LogP contribution in [0.15, 0.2) is 27.6 Å². The monoisotopic (exact) mass is 362 g/mol. The number of nitrogens with one attached hydrogen (secondary N) is 1. The molecule has 1 saturated heterocycles. The molecule has 0 aromatic heterocycles. The molecule has 0 aliphatic carbocycles. The van der Waals surface area contributed by atoms with Crippen LogP contribution in [0.3, 0.4) is 0 Å².